The van der Waals surface area contributed by atoms with Gasteiger partial charge in [0.2, 0.25) is 0 Å². The summed E-state index contributed by atoms with van der Waals surface area (Å²) in [7, 11) is 0. The van der Waals surface area contributed by atoms with Gasteiger partial charge in [-0.15, -0.1) is 11.3 Å². The van der Waals surface area contributed by atoms with Crippen LogP contribution in [-0.4, -0.2) is 30.2 Å². The van der Waals surface area contributed by atoms with Gasteiger partial charge in [-0.05, 0) is 42.8 Å². The number of piperidine rings is 1. The molecule has 1 N–H and O–H groups in total. The number of hydrogen-bond donors (Lipinski definition) is 1. The first-order valence-electron chi connectivity index (χ1n) is 8.48. The lowest BCUT2D eigenvalue weighted by molar-refractivity contribution is 0.0927. The average Bonchev–Trinajstić information content (AvgIpc) is 3.42. The molecule has 1 aliphatic rings. The van der Waals surface area contributed by atoms with E-state index in [0.29, 0.717) is 0 Å². The Labute approximate surface area is 159 Å². The maximum absolute atomic E-state index is 11.9. The Balaban J connectivity index is 1.56. The van der Waals surface area contributed by atoms with E-state index < -0.39 is 0 Å². The number of rotatable bonds is 5. The van der Waals surface area contributed by atoms with Crippen LogP contribution in [0.4, 0.5) is 5.13 Å². The van der Waals surface area contributed by atoms with Gasteiger partial charge in [-0.1, -0.05) is 17.4 Å². The van der Waals surface area contributed by atoms with Gasteiger partial charge in [0.15, 0.2) is 10.9 Å². The summed E-state index contributed by atoms with van der Waals surface area (Å²) in [6.07, 6.45) is 6.82. The number of carbonyl (C=O) groups is 1. The molecule has 0 atom stereocenters. The number of anilines is 1. The van der Waals surface area contributed by atoms with Crippen molar-refractivity contribution in [1.29, 1.82) is 0 Å². The van der Waals surface area contributed by atoms with Gasteiger partial charge in [0.25, 0.3) is 0 Å². The number of hydrazone groups is 1. The first-order chi connectivity index (χ1) is 12.8. The van der Waals surface area contributed by atoms with Crippen molar-refractivity contribution in [2.24, 2.45) is 5.10 Å². The fourth-order valence-corrected chi connectivity index (χ4v) is 4.63. The summed E-state index contributed by atoms with van der Waals surface area (Å²) in [5.41, 5.74) is 3.42. The van der Waals surface area contributed by atoms with Gasteiger partial charge in [0.1, 0.15) is 5.69 Å². The summed E-state index contributed by atoms with van der Waals surface area (Å²) in [6.45, 7) is 2.09. The summed E-state index contributed by atoms with van der Waals surface area (Å²) >= 11 is 3.26. The Kier molecular flexibility index (Phi) is 5.12. The third-order valence-electron chi connectivity index (χ3n) is 4.12. The minimum absolute atomic E-state index is 0.235. The van der Waals surface area contributed by atoms with Crippen LogP contribution in [0.3, 0.4) is 0 Å². The largest absolute Gasteiger partial charge is 0.459 e. The van der Waals surface area contributed by atoms with E-state index in [-0.39, 0.29) is 11.7 Å². The van der Waals surface area contributed by atoms with Crippen molar-refractivity contribution < 1.29 is 9.21 Å². The van der Waals surface area contributed by atoms with Crippen molar-refractivity contribution >= 4 is 39.9 Å². The second-order valence-electron chi connectivity index (χ2n) is 5.91. The number of nitrogens with one attached hydrogen (secondary N) is 1. The molecular formula is C18H18N4O2S2. The molecule has 0 aromatic carbocycles. The highest BCUT2D eigenvalue weighted by atomic mass is 32.1. The standard InChI is InChI=1S/C18H18N4O2S2/c23-17(13-6-4-10-24-13)21-19-12-15-16(14-7-5-11-25-14)20-18(26-15)22-8-2-1-3-9-22/h4-7,10-12H,1-3,8-9H2,(H,21,23)/b19-12-. The van der Waals surface area contributed by atoms with Crippen LogP contribution in [0.2, 0.25) is 0 Å². The first-order valence-corrected chi connectivity index (χ1v) is 10.2. The molecule has 0 unspecified atom stereocenters. The Morgan fingerprint density at radius 1 is 1.27 bits per heavy atom. The van der Waals surface area contributed by atoms with E-state index in [0.717, 1.165) is 33.7 Å². The maximum atomic E-state index is 11.9. The average molecular weight is 387 g/mol. The fourth-order valence-electron chi connectivity index (χ4n) is 2.83. The summed E-state index contributed by atoms with van der Waals surface area (Å²) < 4.78 is 5.06. The number of thiophene rings is 1. The molecule has 8 heteroatoms. The van der Waals surface area contributed by atoms with Crippen LogP contribution in [0.15, 0.2) is 45.4 Å². The molecule has 3 aromatic rings. The molecule has 1 fully saturated rings. The zero-order chi connectivity index (χ0) is 17.8. The van der Waals surface area contributed by atoms with E-state index in [4.69, 9.17) is 9.40 Å². The van der Waals surface area contributed by atoms with E-state index in [9.17, 15) is 4.79 Å². The summed E-state index contributed by atoms with van der Waals surface area (Å²) in [4.78, 5) is 21.2. The zero-order valence-electron chi connectivity index (χ0n) is 14.1. The predicted molar refractivity (Wildman–Crippen MR) is 105 cm³/mol. The monoisotopic (exact) mass is 386 g/mol. The molecule has 1 aliphatic heterocycles. The molecule has 26 heavy (non-hydrogen) atoms. The number of amides is 1. The van der Waals surface area contributed by atoms with Crippen LogP contribution >= 0.6 is 22.7 Å². The van der Waals surface area contributed by atoms with Crippen LogP contribution in [0, 0.1) is 0 Å². The van der Waals surface area contributed by atoms with E-state index in [1.165, 1.54) is 25.5 Å². The molecule has 0 bridgehead atoms. The molecular weight excluding hydrogens is 368 g/mol. The molecule has 0 saturated carbocycles. The third kappa shape index (κ3) is 3.71. The van der Waals surface area contributed by atoms with Gasteiger partial charge in [-0.2, -0.15) is 5.10 Å². The number of carbonyl (C=O) groups excluding carboxylic acids is 1. The molecule has 134 valence electrons. The molecule has 3 aromatic heterocycles. The molecule has 0 radical (unpaired) electrons. The van der Waals surface area contributed by atoms with Crippen molar-refractivity contribution in [2.45, 2.75) is 19.3 Å². The third-order valence-corrected chi connectivity index (χ3v) is 6.04. The number of hydrogen-bond acceptors (Lipinski definition) is 7. The van der Waals surface area contributed by atoms with Crippen molar-refractivity contribution in [3.8, 4) is 10.6 Å². The number of nitrogens with zero attached hydrogens (tertiary/aromatic N) is 3. The van der Waals surface area contributed by atoms with Gasteiger partial charge < -0.3 is 9.32 Å². The molecule has 4 rings (SSSR count). The van der Waals surface area contributed by atoms with Crippen molar-refractivity contribution in [2.75, 3.05) is 18.0 Å². The Morgan fingerprint density at radius 3 is 2.88 bits per heavy atom. The summed E-state index contributed by atoms with van der Waals surface area (Å²) in [5.74, 6) is -0.136. The van der Waals surface area contributed by atoms with Gasteiger partial charge in [0.05, 0.1) is 22.2 Å². The topological polar surface area (TPSA) is 70.7 Å². The number of thiazole rings is 1. The van der Waals surface area contributed by atoms with Gasteiger partial charge in [-0.3, -0.25) is 4.79 Å². The highest BCUT2D eigenvalue weighted by Crippen LogP contribution is 2.35. The lowest BCUT2D eigenvalue weighted by atomic mass is 10.1. The van der Waals surface area contributed by atoms with Crippen LogP contribution < -0.4 is 10.3 Å². The highest BCUT2D eigenvalue weighted by molar-refractivity contribution is 7.18. The van der Waals surface area contributed by atoms with Gasteiger partial charge in [0, 0.05) is 13.1 Å². The van der Waals surface area contributed by atoms with Crippen LogP contribution in [0.1, 0.15) is 34.7 Å². The van der Waals surface area contributed by atoms with Gasteiger partial charge >= 0.3 is 5.91 Å². The Bertz CT molecular complexity index is 879. The molecule has 0 spiro atoms. The molecule has 4 heterocycles. The number of aromatic nitrogens is 1. The van der Waals surface area contributed by atoms with E-state index in [1.807, 2.05) is 11.4 Å². The SMILES string of the molecule is O=C(N/N=C\c1sc(N2CCCCC2)nc1-c1cccs1)c1ccco1. The number of furan rings is 1. The summed E-state index contributed by atoms with van der Waals surface area (Å²) in [5, 5.41) is 7.16. The normalized spacial score (nSPS) is 14.8. The van der Waals surface area contributed by atoms with Gasteiger partial charge in [-0.25, -0.2) is 10.4 Å². The fraction of sp³-hybridized carbons (Fsp3) is 0.278. The minimum Gasteiger partial charge on any atom is -0.459 e. The van der Waals surface area contributed by atoms with Crippen molar-refractivity contribution in [1.82, 2.24) is 10.4 Å². The zero-order valence-corrected chi connectivity index (χ0v) is 15.7. The second kappa shape index (κ2) is 7.84. The molecule has 6 nitrogen and oxygen atoms in total. The van der Waals surface area contributed by atoms with Crippen molar-refractivity contribution in [3.05, 3.63) is 46.5 Å². The predicted octanol–water partition coefficient (Wildman–Crippen LogP) is 4.22. The smallest absolute Gasteiger partial charge is 0.307 e. The highest BCUT2D eigenvalue weighted by Gasteiger charge is 2.19. The van der Waals surface area contributed by atoms with Crippen molar-refractivity contribution in [3.63, 3.8) is 0 Å². The second-order valence-corrected chi connectivity index (χ2v) is 7.87. The Hall–Kier alpha value is -2.45. The van der Waals surface area contributed by atoms with Crippen LogP contribution in [0.25, 0.3) is 10.6 Å². The maximum Gasteiger partial charge on any atom is 0.307 e. The lowest BCUT2D eigenvalue weighted by Crippen LogP contribution is -2.29. The van der Waals surface area contributed by atoms with E-state index in [1.54, 1.807) is 41.0 Å². The first kappa shape index (κ1) is 17.0. The van der Waals surface area contributed by atoms with Crippen LogP contribution in [-0.2, 0) is 0 Å². The summed E-state index contributed by atoms with van der Waals surface area (Å²) in [6, 6.07) is 7.34. The van der Waals surface area contributed by atoms with E-state index >= 15 is 0 Å². The molecule has 1 saturated heterocycles. The van der Waals surface area contributed by atoms with Crippen LogP contribution in [0.5, 0.6) is 0 Å². The minimum atomic E-state index is -0.371. The quantitative estimate of drug-likeness (QED) is 0.526. The Morgan fingerprint density at radius 2 is 2.15 bits per heavy atom. The molecule has 1 amide bonds. The lowest BCUT2D eigenvalue weighted by Gasteiger charge is -2.25. The molecule has 0 aliphatic carbocycles. The van der Waals surface area contributed by atoms with E-state index in [2.05, 4.69) is 21.5 Å².